The zero-order valence-corrected chi connectivity index (χ0v) is 14.2. The van der Waals surface area contributed by atoms with Gasteiger partial charge in [-0.2, -0.15) is 0 Å². The number of amides is 1. The summed E-state index contributed by atoms with van der Waals surface area (Å²) in [6.07, 6.45) is 1.98. The lowest BCUT2D eigenvalue weighted by molar-refractivity contribution is -0.130. The molecule has 1 aromatic carbocycles. The van der Waals surface area contributed by atoms with Crippen LogP contribution in [0.15, 0.2) is 29.2 Å². The fraction of sp³-hybridized carbons (Fsp3) is 0.533. The minimum Gasteiger partial charge on any atom is -0.341 e. The fourth-order valence-corrected chi connectivity index (χ4v) is 4.08. The van der Waals surface area contributed by atoms with Crippen LogP contribution >= 0.6 is 11.6 Å². The van der Waals surface area contributed by atoms with E-state index < -0.39 is 15.6 Å². The summed E-state index contributed by atoms with van der Waals surface area (Å²) in [6.45, 7) is 2.10. The van der Waals surface area contributed by atoms with Gasteiger partial charge in [0.2, 0.25) is 5.91 Å². The lowest BCUT2D eigenvalue weighted by atomic mass is 9.98. The van der Waals surface area contributed by atoms with Crippen molar-refractivity contribution in [1.29, 1.82) is 0 Å². The first kappa shape index (κ1) is 17.2. The van der Waals surface area contributed by atoms with Gasteiger partial charge < -0.3 is 10.2 Å². The molecule has 1 atom stereocenters. The standard InChI is InChI=1S/C15H21ClN2O3S/c1-17-9-12-3-2-8-18(10-12)15(19)11-22(20,21)14-6-4-13(16)5-7-14/h4-7,12,17H,2-3,8-11H2,1H3. The van der Waals surface area contributed by atoms with Crippen molar-refractivity contribution in [3.05, 3.63) is 29.3 Å². The quantitative estimate of drug-likeness (QED) is 0.880. The molecule has 22 heavy (non-hydrogen) atoms. The Bertz CT molecular complexity index is 614. The Kier molecular flexibility index (Phi) is 5.83. The van der Waals surface area contributed by atoms with Crippen molar-refractivity contribution in [3.63, 3.8) is 0 Å². The third-order valence-electron chi connectivity index (χ3n) is 3.85. The molecule has 1 unspecified atom stereocenters. The first-order chi connectivity index (χ1) is 10.4. The zero-order chi connectivity index (χ0) is 16.2. The van der Waals surface area contributed by atoms with E-state index in [1.54, 1.807) is 4.90 Å². The number of benzene rings is 1. The summed E-state index contributed by atoms with van der Waals surface area (Å²) in [5.41, 5.74) is 0. The van der Waals surface area contributed by atoms with Crippen molar-refractivity contribution in [1.82, 2.24) is 10.2 Å². The Morgan fingerprint density at radius 2 is 2.05 bits per heavy atom. The van der Waals surface area contributed by atoms with Gasteiger partial charge in [-0.1, -0.05) is 11.6 Å². The lowest BCUT2D eigenvalue weighted by Gasteiger charge is -2.32. The third kappa shape index (κ3) is 4.44. The predicted octanol–water partition coefficient (Wildman–Crippen LogP) is 1.57. The van der Waals surface area contributed by atoms with Crippen molar-refractivity contribution < 1.29 is 13.2 Å². The summed E-state index contributed by atoms with van der Waals surface area (Å²) >= 11 is 5.76. The topological polar surface area (TPSA) is 66.5 Å². The SMILES string of the molecule is CNCC1CCCN(C(=O)CS(=O)(=O)c2ccc(Cl)cc2)C1. The summed E-state index contributed by atoms with van der Waals surface area (Å²) in [6, 6.07) is 5.90. The van der Waals surface area contributed by atoms with Gasteiger partial charge in [0.15, 0.2) is 9.84 Å². The van der Waals surface area contributed by atoms with E-state index in [9.17, 15) is 13.2 Å². The Hall–Kier alpha value is -1.11. The van der Waals surface area contributed by atoms with Gasteiger partial charge in [0.1, 0.15) is 5.75 Å². The first-order valence-electron chi connectivity index (χ1n) is 7.33. The highest BCUT2D eigenvalue weighted by Gasteiger charge is 2.27. The molecule has 7 heteroatoms. The Balaban J connectivity index is 2.02. The highest BCUT2D eigenvalue weighted by Crippen LogP contribution is 2.19. The maximum absolute atomic E-state index is 12.3. The summed E-state index contributed by atoms with van der Waals surface area (Å²) in [4.78, 5) is 14.1. The molecule has 0 saturated carbocycles. The average molecular weight is 345 g/mol. The Labute approximate surface area is 136 Å². The zero-order valence-electron chi connectivity index (χ0n) is 12.6. The number of hydrogen-bond donors (Lipinski definition) is 1. The Morgan fingerprint density at radius 1 is 1.36 bits per heavy atom. The van der Waals surface area contributed by atoms with E-state index in [2.05, 4.69) is 5.32 Å². The van der Waals surface area contributed by atoms with Crippen molar-refractivity contribution >= 4 is 27.3 Å². The summed E-state index contributed by atoms with van der Waals surface area (Å²) in [7, 11) is -1.74. The average Bonchev–Trinajstić information content (AvgIpc) is 2.48. The molecular formula is C15H21ClN2O3S. The monoisotopic (exact) mass is 344 g/mol. The normalized spacial score (nSPS) is 19.2. The molecule has 2 rings (SSSR count). The maximum Gasteiger partial charge on any atom is 0.238 e. The smallest absolute Gasteiger partial charge is 0.238 e. The lowest BCUT2D eigenvalue weighted by Crippen LogP contribution is -2.44. The van der Waals surface area contributed by atoms with E-state index in [1.165, 1.54) is 24.3 Å². The second-order valence-electron chi connectivity index (χ2n) is 5.62. The molecular weight excluding hydrogens is 324 g/mol. The Morgan fingerprint density at radius 3 is 2.68 bits per heavy atom. The fourth-order valence-electron chi connectivity index (χ4n) is 2.73. The summed E-state index contributed by atoms with van der Waals surface area (Å²) in [5.74, 6) is -0.419. The van der Waals surface area contributed by atoms with Crippen LogP contribution in [-0.2, 0) is 14.6 Å². The van der Waals surface area contributed by atoms with Crippen LogP contribution in [0.2, 0.25) is 5.02 Å². The number of carbonyl (C=O) groups excluding carboxylic acids is 1. The summed E-state index contributed by atoms with van der Waals surface area (Å²) in [5, 5.41) is 3.58. The van der Waals surface area contributed by atoms with Crippen molar-refractivity contribution in [3.8, 4) is 0 Å². The van der Waals surface area contributed by atoms with Crippen LogP contribution < -0.4 is 5.32 Å². The molecule has 1 amide bonds. The molecule has 1 fully saturated rings. The van der Waals surface area contributed by atoms with E-state index in [0.29, 0.717) is 24.0 Å². The van der Waals surface area contributed by atoms with E-state index in [1.807, 2.05) is 7.05 Å². The van der Waals surface area contributed by atoms with Crippen LogP contribution in [0.1, 0.15) is 12.8 Å². The molecule has 5 nitrogen and oxygen atoms in total. The van der Waals surface area contributed by atoms with Gasteiger partial charge in [-0.15, -0.1) is 0 Å². The van der Waals surface area contributed by atoms with Crippen LogP contribution in [0.4, 0.5) is 0 Å². The summed E-state index contributed by atoms with van der Waals surface area (Å²) < 4.78 is 24.6. The molecule has 1 saturated heterocycles. The number of nitrogens with one attached hydrogen (secondary N) is 1. The molecule has 1 aromatic rings. The number of piperidine rings is 1. The van der Waals surface area contributed by atoms with Gasteiger partial charge in [0.05, 0.1) is 4.90 Å². The number of likely N-dealkylation sites (tertiary alicyclic amines) is 1. The molecule has 1 N–H and O–H groups in total. The number of sulfone groups is 1. The number of nitrogens with zero attached hydrogens (tertiary/aromatic N) is 1. The predicted molar refractivity (Wildman–Crippen MR) is 86.7 cm³/mol. The van der Waals surface area contributed by atoms with E-state index >= 15 is 0 Å². The molecule has 1 heterocycles. The van der Waals surface area contributed by atoms with Crippen molar-refractivity contribution in [2.45, 2.75) is 17.7 Å². The van der Waals surface area contributed by atoms with Gasteiger partial charge >= 0.3 is 0 Å². The second kappa shape index (κ2) is 7.44. The van der Waals surface area contributed by atoms with Crippen LogP contribution in [0.25, 0.3) is 0 Å². The minimum atomic E-state index is -3.62. The van der Waals surface area contributed by atoms with Crippen LogP contribution in [-0.4, -0.2) is 51.7 Å². The largest absolute Gasteiger partial charge is 0.341 e. The first-order valence-corrected chi connectivity index (χ1v) is 9.36. The second-order valence-corrected chi connectivity index (χ2v) is 8.04. The van der Waals surface area contributed by atoms with Crippen LogP contribution in [0, 0.1) is 5.92 Å². The molecule has 1 aliphatic rings. The molecule has 0 aromatic heterocycles. The van der Waals surface area contributed by atoms with Crippen molar-refractivity contribution in [2.24, 2.45) is 5.92 Å². The van der Waals surface area contributed by atoms with Gasteiger partial charge in [0.25, 0.3) is 0 Å². The van der Waals surface area contributed by atoms with E-state index in [0.717, 1.165) is 19.4 Å². The maximum atomic E-state index is 12.3. The minimum absolute atomic E-state index is 0.133. The van der Waals surface area contributed by atoms with E-state index in [-0.39, 0.29) is 10.8 Å². The van der Waals surface area contributed by atoms with Crippen LogP contribution in [0.5, 0.6) is 0 Å². The highest BCUT2D eigenvalue weighted by atomic mass is 35.5. The van der Waals surface area contributed by atoms with Gasteiger partial charge in [-0.3, -0.25) is 4.79 Å². The van der Waals surface area contributed by atoms with Crippen molar-refractivity contribution in [2.75, 3.05) is 32.4 Å². The molecule has 0 spiro atoms. The highest BCUT2D eigenvalue weighted by molar-refractivity contribution is 7.92. The van der Waals surface area contributed by atoms with Crippen LogP contribution in [0.3, 0.4) is 0 Å². The molecule has 0 radical (unpaired) electrons. The number of carbonyl (C=O) groups is 1. The third-order valence-corrected chi connectivity index (χ3v) is 5.72. The molecule has 122 valence electrons. The molecule has 0 aliphatic carbocycles. The van der Waals surface area contributed by atoms with Gasteiger partial charge in [0, 0.05) is 18.1 Å². The molecule has 1 aliphatic heterocycles. The number of hydrogen-bond acceptors (Lipinski definition) is 4. The number of halogens is 1. The molecule has 0 bridgehead atoms. The van der Waals surface area contributed by atoms with Gasteiger partial charge in [-0.05, 0) is 56.6 Å². The van der Waals surface area contributed by atoms with Gasteiger partial charge in [-0.25, -0.2) is 8.42 Å². The van der Waals surface area contributed by atoms with E-state index in [4.69, 9.17) is 11.6 Å². The number of rotatable bonds is 5.